The Balaban J connectivity index is 2.03. The molecule has 0 spiro atoms. The maximum atomic E-state index is 6.00. The Labute approximate surface area is 119 Å². The molecule has 2 rings (SSSR count). The maximum absolute atomic E-state index is 6.00. The highest BCUT2D eigenvalue weighted by molar-refractivity contribution is 6.30. The van der Waals surface area contributed by atoms with E-state index in [0.29, 0.717) is 10.7 Å². The lowest BCUT2D eigenvalue weighted by molar-refractivity contribution is 0.315. The molecular weight excluding hydrogens is 258 g/mol. The molecule has 0 unspecified atom stereocenters. The summed E-state index contributed by atoms with van der Waals surface area (Å²) in [6.07, 6.45) is 0. The summed E-state index contributed by atoms with van der Waals surface area (Å²) in [6, 6.07) is 11.7. The molecule has 4 heteroatoms. The minimum atomic E-state index is 0.678. The van der Waals surface area contributed by atoms with Crippen LogP contribution in [-0.4, -0.2) is 16.9 Å². The number of rotatable bonds is 4. The molecule has 3 nitrogen and oxygen atoms in total. The van der Waals surface area contributed by atoms with Crippen molar-refractivity contribution in [1.29, 1.82) is 0 Å². The van der Waals surface area contributed by atoms with Crippen LogP contribution in [0.5, 0.6) is 0 Å². The standard InChI is InChI=1S/C15H18ClN3/c1-11-4-3-5-15(18-11)10-19(2)9-12-6-13(16)8-14(17)7-12/h3-8H,9-10,17H2,1-2H3. The van der Waals surface area contributed by atoms with Crippen molar-refractivity contribution < 1.29 is 0 Å². The Bertz CT molecular complexity index is 549. The van der Waals surface area contributed by atoms with E-state index in [2.05, 4.69) is 16.9 Å². The van der Waals surface area contributed by atoms with Crippen LogP contribution in [0, 0.1) is 6.92 Å². The molecule has 0 aliphatic carbocycles. The van der Waals surface area contributed by atoms with Gasteiger partial charge in [-0.1, -0.05) is 17.7 Å². The molecule has 100 valence electrons. The first-order chi connectivity index (χ1) is 9.02. The number of nitrogens with two attached hydrogens (primary N) is 1. The van der Waals surface area contributed by atoms with Gasteiger partial charge in [-0.2, -0.15) is 0 Å². The van der Waals surface area contributed by atoms with E-state index in [1.54, 1.807) is 6.07 Å². The Morgan fingerprint density at radius 2 is 2.00 bits per heavy atom. The fourth-order valence-electron chi connectivity index (χ4n) is 2.10. The van der Waals surface area contributed by atoms with Crippen LogP contribution in [-0.2, 0) is 13.1 Å². The van der Waals surface area contributed by atoms with Gasteiger partial charge in [0.25, 0.3) is 0 Å². The van der Waals surface area contributed by atoms with Crippen molar-refractivity contribution in [3.05, 3.63) is 58.4 Å². The summed E-state index contributed by atoms with van der Waals surface area (Å²) < 4.78 is 0. The van der Waals surface area contributed by atoms with Crippen LogP contribution in [0.4, 0.5) is 5.69 Å². The lowest BCUT2D eigenvalue weighted by Gasteiger charge is -2.17. The second-order valence-electron chi connectivity index (χ2n) is 4.84. The van der Waals surface area contributed by atoms with Crippen LogP contribution in [0.25, 0.3) is 0 Å². The number of aromatic nitrogens is 1. The molecule has 2 aromatic rings. The smallest absolute Gasteiger partial charge is 0.0547 e. The van der Waals surface area contributed by atoms with E-state index in [-0.39, 0.29) is 0 Å². The lowest BCUT2D eigenvalue weighted by Crippen LogP contribution is -2.18. The minimum absolute atomic E-state index is 0.678. The molecule has 0 bridgehead atoms. The third-order valence-electron chi connectivity index (χ3n) is 2.81. The number of anilines is 1. The van der Waals surface area contributed by atoms with Gasteiger partial charge in [0.15, 0.2) is 0 Å². The predicted molar refractivity (Wildman–Crippen MR) is 80.0 cm³/mol. The molecule has 1 aromatic carbocycles. The van der Waals surface area contributed by atoms with Gasteiger partial charge in [0.2, 0.25) is 0 Å². The average Bonchev–Trinajstić information content (AvgIpc) is 2.26. The summed E-state index contributed by atoms with van der Waals surface area (Å²) in [5, 5.41) is 0.678. The summed E-state index contributed by atoms with van der Waals surface area (Å²) in [7, 11) is 2.06. The van der Waals surface area contributed by atoms with Gasteiger partial charge in [-0.05, 0) is 49.9 Å². The van der Waals surface area contributed by atoms with E-state index in [1.165, 1.54) is 0 Å². The Hall–Kier alpha value is -1.58. The van der Waals surface area contributed by atoms with Crippen molar-refractivity contribution >= 4 is 17.3 Å². The summed E-state index contributed by atoms with van der Waals surface area (Å²) >= 11 is 6.00. The lowest BCUT2D eigenvalue weighted by atomic mass is 10.2. The number of hydrogen-bond acceptors (Lipinski definition) is 3. The van der Waals surface area contributed by atoms with Crippen LogP contribution in [0.2, 0.25) is 5.02 Å². The zero-order valence-corrected chi connectivity index (χ0v) is 12.0. The predicted octanol–water partition coefficient (Wildman–Crippen LogP) is 3.26. The summed E-state index contributed by atoms with van der Waals surface area (Å²) in [5.74, 6) is 0. The van der Waals surface area contributed by atoms with Crippen LogP contribution >= 0.6 is 11.6 Å². The average molecular weight is 276 g/mol. The summed E-state index contributed by atoms with van der Waals surface area (Å²) in [4.78, 5) is 6.68. The molecule has 1 aromatic heterocycles. The van der Waals surface area contributed by atoms with Crippen molar-refractivity contribution in [3.8, 4) is 0 Å². The van der Waals surface area contributed by atoms with Crippen LogP contribution < -0.4 is 5.73 Å². The molecule has 0 aliphatic heterocycles. The van der Waals surface area contributed by atoms with Gasteiger partial charge in [-0.3, -0.25) is 9.88 Å². The summed E-state index contributed by atoms with van der Waals surface area (Å²) in [5.41, 5.74) is 9.71. The third kappa shape index (κ3) is 4.23. The fourth-order valence-corrected chi connectivity index (χ4v) is 2.36. The molecule has 2 N–H and O–H groups in total. The van der Waals surface area contributed by atoms with E-state index >= 15 is 0 Å². The first-order valence-electron chi connectivity index (χ1n) is 6.19. The van der Waals surface area contributed by atoms with Gasteiger partial charge in [0.1, 0.15) is 0 Å². The monoisotopic (exact) mass is 275 g/mol. The molecular formula is C15H18ClN3. The van der Waals surface area contributed by atoms with E-state index in [4.69, 9.17) is 17.3 Å². The highest BCUT2D eigenvalue weighted by atomic mass is 35.5. The van der Waals surface area contributed by atoms with Crippen LogP contribution in [0.1, 0.15) is 17.0 Å². The second-order valence-corrected chi connectivity index (χ2v) is 5.27. The van der Waals surface area contributed by atoms with E-state index in [0.717, 1.165) is 30.0 Å². The van der Waals surface area contributed by atoms with Crippen LogP contribution in [0.15, 0.2) is 36.4 Å². The van der Waals surface area contributed by atoms with Gasteiger partial charge in [-0.15, -0.1) is 0 Å². The van der Waals surface area contributed by atoms with Crippen LogP contribution in [0.3, 0.4) is 0 Å². The van der Waals surface area contributed by atoms with Crippen molar-refractivity contribution in [1.82, 2.24) is 9.88 Å². The largest absolute Gasteiger partial charge is 0.399 e. The Morgan fingerprint density at radius 3 is 2.68 bits per heavy atom. The third-order valence-corrected chi connectivity index (χ3v) is 3.03. The first kappa shape index (κ1) is 13.8. The minimum Gasteiger partial charge on any atom is -0.399 e. The topological polar surface area (TPSA) is 42.1 Å². The van der Waals surface area contributed by atoms with Crippen molar-refractivity contribution in [3.63, 3.8) is 0 Å². The number of pyridine rings is 1. The van der Waals surface area contributed by atoms with Gasteiger partial charge in [0, 0.05) is 29.5 Å². The van der Waals surface area contributed by atoms with Crippen molar-refractivity contribution in [2.24, 2.45) is 0 Å². The molecule has 0 fully saturated rings. The van der Waals surface area contributed by atoms with Gasteiger partial charge in [-0.25, -0.2) is 0 Å². The summed E-state index contributed by atoms with van der Waals surface area (Å²) in [6.45, 7) is 3.59. The highest BCUT2D eigenvalue weighted by Crippen LogP contribution is 2.18. The van der Waals surface area contributed by atoms with E-state index in [9.17, 15) is 0 Å². The molecule has 0 radical (unpaired) electrons. The highest BCUT2D eigenvalue weighted by Gasteiger charge is 2.04. The Kier molecular flexibility index (Phi) is 4.40. The zero-order valence-electron chi connectivity index (χ0n) is 11.2. The molecule has 0 atom stereocenters. The fraction of sp³-hybridized carbons (Fsp3) is 0.267. The quantitative estimate of drug-likeness (QED) is 0.871. The molecule has 1 heterocycles. The molecule has 0 saturated heterocycles. The molecule has 0 saturated carbocycles. The number of benzene rings is 1. The number of nitrogens with zero attached hydrogens (tertiary/aromatic N) is 2. The number of halogens is 1. The Morgan fingerprint density at radius 1 is 1.21 bits per heavy atom. The molecule has 0 amide bonds. The van der Waals surface area contributed by atoms with Crippen molar-refractivity contribution in [2.75, 3.05) is 12.8 Å². The molecule has 0 aliphatic rings. The molecule has 19 heavy (non-hydrogen) atoms. The number of hydrogen-bond donors (Lipinski definition) is 1. The second kappa shape index (κ2) is 6.04. The normalized spacial score (nSPS) is 10.9. The SMILES string of the molecule is Cc1cccc(CN(C)Cc2cc(N)cc(Cl)c2)n1. The van der Waals surface area contributed by atoms with E-state index < -0.39 is 0 Å². The van der Waals surface area contributed by atoms with Gasteiger partial charge < -0.3 is 5.73 Å². The number of nitrogen functional groups attached to an aromatic ring is 1. The zero-order chi connectivity index (χ0) is 13.8. The first-order valence-corrected chi connectivity index (χ1v) is 6.57. The number of aryl methyl sites for hydroxylation is 1. The van der Waals surface area contributed by atoms with Gasteiger partial charge >= 0.3 is 0 Å². The van der Waals surface area contributed by atoms with Gasteiger partial charge in [0.05, 0.1) is 5.69 Å². The van der Waals surface area contributed by atoms with Crippen molar-refractivity contribution in [2.45, 2.75) is 20.0 Å². The van der Waals surface area contributed by atoms with E-state index in [1.807, 2.05) is 37.3 Å². The maximum Gasteiger partial charge on any atom is 0.0547 e.